The Morgan fingerprint density at radius 2 is 2.07 bits per heavy atom. The Bertz CT molecular complexity index is 1180. The molecule has 0 bridgehead atoms. The lowest BCUT2D eigenvalue weighted by Crippen LogP contribution is -2.31. The molecule has 0 saturated carbocycles. The molecular weight excluding hydrogens is 400 g/mol. The highest BCUT2D eigenvalue weighted by Crippen LogP contribution is 2.33. The first-order chi connectivity index (χ1) is 14.7. The highest BCUT2D eigenvalue weighted by Gasteiger charge is 2.35. The SMILES string of the molecule is Cc1ccc(C2=NN(C(=O)Cn3nnc(-c4cccs4)n3)[C@H](c3ccco3)C2)cc1. The van der Waals surface area contributed by atoms with Gasteiger partial charge in [0.05, 0.1) is 16.9 Å². The molecule has 0 saturated heterocycles. The lowest BCUT2D eigenvalue weighted by Gasteiger charge is -2.19. The summed E-state index contributed by atoms with van der Waals surface area (Å²) in [5, 5.41) is 20.4. The molecule has 8 nitrogen and oxygen atoms in total. The normalized spacial score (nSPS) is 16.1. The molecule has 0 radical (unpaired) electrons. The van der Waals surface area contributed by atoms with Crippen molar-refractivity contribution in [3.05, 3.63) is 77.1 Å². The number of amides is 1. The van der Waals surface area contributed by atoms with Crippen LogP contribution < -0.4 is 0 Å². The average Bonchev–Trinajstić information content (AvgIpc) is 3.55. The number of nitrogens with zero attached hydrogens (tertiary/aromatic N) is 6. The lowest BCUT2D eigenvalue weighted by molar-refractivity contribution is -0.134. The minimum absolute atomic E-state index is 0.0553. The van der Waals surface area contributed by atoms with Gasteiger partial charge in [-0.2, -0.15) is 9.90 Å². The van der Waals surface area contributed by atoms with E-state index in [1.165, 1.54) is 26.7 Å². The van der Waals surface area contributed by atoms with Gasteiger partial charge in [-0.25, -0.2) is 5.01 Å². The summed E-state index contributed by atoms with van der Waals surface area (Å²) in [6, 6.07) is 15.3. The number of rotatable bonds is 5. The van der Waals surface area contributed by atoms with Crippen molar-refractivity contribution in [1.29, 1.82) is 0 Å². The maximum absolute atomic E-state index is 13.1. The van der Waals surface area contributed by atoms with Crippen LogP contribution in [0.4, 0.5) is 0 Å². The Kier molecular flexibility index (Phi) is 4.72. The fourth-order valence-electron chi connectivity index (χ4n) is 3.37. The Morgan fingerprint density at radius 3 is 2.80 bits per heavy atom. The number of benzene rings is 1. The van der Waals surface area contributed by atoms with E-state index in [1.54, 1.807) is 6.26 Å². The van der Waals surface area contributed by atoms with E-state index in [1.807, 2.05) is 60.8 Å². The van der Waals surface area contributed by atoms with Gasteiger partial charge in [0.2, 0.25) is 5.82 Å². The van der Waals surface area contributed by atoms with Crippen molar-refractivity contribution >= 4 is 23.0 Å². The van der Waals surface area contributed by atoms with Gasteiger partial charge in [0, 0.05) is 6.42 Å². The standard InChI is InChI=1S/C21H18N6O2S/c1-14-6-8-15(9-7-14)16-12-17(18-4-2-10-29-18)27(23-16)20(28)13-26-24-21(22-25-26)19-5-3-11-30-19/h2-11,17H,12-13H2,1H3/t17-/m0/s1. The summed E-state index contributed by atoms with van der Waals surface area (Å²) >= 11 is 1.52. The van der Waals surface area contributed by atoms with Gasteiger partial charge in [-0.15, -0.1) is 21.5 Å². The molecule has 5 rings (SSSR count). The summed E-state index contributed by atoms with van der Waals surface area (Å²) in [5.74, 6) is 0.972. The van der Waals surface area contributed by atoms with Gasteiger partial charge in [-0.3, -0.25) is 4.79 Å². The van der Waals surface area contributed by atoms with Gasteiger partial charge in [0.15, 0.2) is 0 Å². The number of hydrazone groups is 1. The molecule has 30 heavy (non-hydrogen) atoms. The van der Waals surface area contributed by atoms with Crippen LogP contribution in [-0.2, 0) is 11.3 Å². The van der Waals surface area contributed by atoms with E-state index in [-0.39, 0.29) is 18.5 Å². The molecule has 0 fully saturated rings. The zero-order valence-corrected chi connectivity index (χ0v) is 17.0. The smallest absolute Gasteiger partial charge is 0.267 e. The number of hydrogen-bond acceptors (Lipinski definition) is 7. The second kappa shape index (κ2) is 7.68. The van der Waals surface area contributed by atoms with E-state index >= 15 is 0 Å². The molecule has 0 spiro atoms. The summed E-state index contributed by atoms with van der Waals surface area (Å²) in [5.41, 5.74) is 3.01. The van der Waals surface area contributed by atoms with Gasteiger partial charge in [-0.1, -0.05) is 35.9 Å². The first kappa shape index (κ1) is 18.4. The van der Waals surface area contributed by atoms with Crippen LogP contribution in [0.2, 0.25) is 0 Å². The molecule has 0 N–H and O–H groups in total. The number of tetrazole rings is 1. The third-order valence-corrected chi connectivity index (χ3v) is 5.76. The quantitative estimate of drug-likeness (QED) is 0.493. The van der Waals surface area contributed by atoms with Crippen LogP contribution in [0.3, 0.4) is 0 Å². The minimum atomic E-state index is -0.302. The molecule has 1 amide bonds. The van der Waals surface area contributed by atoms with Gasteiger partial charge in [-0.05, 0) is 41.3 Å². The van der Waals surface area contributed by atoms with Gasteiger partial charge < -0.3 is 4.42 Å². The van der Waals surface area contributed by atoms with Crippen molar-refractivity contribution in [2.45, 2.75) is 25.9 Å². The van der Waals surface area contributed by atoms with Crippen molar-refractivity contribution in [3.63, 3.8) is 0 Å². The van der Waals surface area contributed by atoms with Crippen LogP contribution in [0.5, 0.6) is 0 Å². The number of carbonyl (C=O) groups excluding carboxylic acids is 1. The van der Waals surface area contributed by atoms with Gasteiger partial charge in [0.1, 0.15) is 18.3 Å². The number of aromatic nitrogens is 4. The van der Waals surface area contributed by atoms with Crippen LogP contribution >= 0.6 is 11.3 Å². The first-order valence-corrected chi connectivity index (χ1v) is 10.4. The zero-order chi connectivity index (χ0) is 20.5. The first-order valence-electron chi connectivity index (χ1n) is 9.49. The molecule has 1 aliphatic rings. The van der Waals surface area contributed by atoms with Crippen LogP contribution in [0, 0.1) is 6.92 Å². The van der Waals surface area contributed by atoms with E-state index < -0.39 is 0 Å². The van der Waals surface area contributed by atoms with Crippen molar-refractivity contribution in [3.8, 4) is 10.7 Å². The minimum Gasteiger partial charge on any atom is -0.467 e. The Balaban J connectivity index is 1.40. The summed E-state index contributed by atoms with van der Waals surface area (Å²) in [6.07, 6.45) is 2.18. The Hall–Kier alpha value is -3.59. The number of furan rings is 1. The molecule has 1 atom stereocenters. The van der Waals surface area contributed by atoms with E-state index in [0.29, 0.717) is 18.0 Å². The molecule has 3 aromatic heterocycles. The average molecular weight is 418 g/mol. The van der Waals surface area contributed by atoms with E-state index in [2.05, 4.69) is 20.5 Å². The number of carbonyl (C=O) groups is 1. The molecular formula is C21H18N6O2S. The van der Waals surface area contributed by atoms with Crippen LogP contribution in [0.1, 0.15) is 29.3 Å². The van der Waals surface area contributed by atoms with E-state index in [4.69, 9.17) is 4.42 Å². The fraction of sp³-hybridized carbons (Fsp3) is 0.190. The zero-order valence-electron chi connectivity index (χ0n) is 16.2. The monoisotopic (exact) mass is 418 g/mol. The maximum Gasteiger partial charge on any atom is 0.267 e. The third-order valence-electron chi connectivity index (χ3n) is 4.89. The Morgan fingerprint density at radius 1 is 1.20 bits per heavy atom. The van der Waals surface area contributed by atoms with Crippen molar-refractivity contribution in [2.75, 3.05) is 0 Å². The predicted octanol–water partition coefficient (Wildman–Crippen LogP) is 3.68. The second-order valence-corrected chi connectivity index (χ2v) is 7.95. The molecule has 1 aromatic carbocycles. The van der Waals surface area contributed by atoms with E-state index in [0.717, 1.165) is 16.2 Å². The van der Waals surface area contributed by atoms with Crippen molar-refractivity contribution < 1.29 is 9.21 Å². The fourth-order valence-corrected chi connectivity index (χ4v) is 4.02. The number of hydrogen-bond donors (Lipinski definition) is 0. The molecule has 1 aliphatic heterocycles. The van der Waals surface area contributed by atoms with Crippen LogP contribution in [-0.4, -0.2) is 36.8 Å². The van der Waals surface area contributed by atoms with Crippen LogP contribution in [0.15, 0.2) is 69.7 Å². The molecule has 4 aromatic rings. The second-order valence-electron chi connectivity index (χ2n) is 7.01. The third kappa shape index (κ3) is 3.55. The molecule has 0 unspecified atom stereocenters. The topological polar surface area (TPSA) is 89.4 Å². The summed E-state index contributed by atoms with van der Waals surface area (Å²) in [6.45, 7) is 1.98. The molecule has 9 heteroatoms. The molecule has 0 aliphatic carbocycles. The van der Waals surface area contributed by atoms with Crippen LogP contribution in [0.25, 0.3) is 10.7 Å². The van der Waals surface area contributed by atoms with Crippen molar-refractivity contribution in [2.24, 2.45) is 5.10 Å². The summed E-state index contributed by atoms with van der Waals surface area (Å²) < 4.78 is 5.59. The molecule has 150 valence electrons. The summed E-state index contributed by atoms with van der Waals surface area (Å²) in [4.78, 5) is 15.3. The molecule has 4 heterocycles. The van der Waals surface area contributed by atoms with E-state index in [9.17, 15) is 4.79 Å². The summed E-state index contributed by atoms with van der Waals surface area (Å²) in [7, 11) is 0. The van der Waals surface area contributed by atoms with Crippen molar-refractivity contribution in [1.82, 2.24) is 25.2 Å². The highest BCUT2D eigenvalue weighted by atomic mass is 32.1. The van der Waals surface area contributed by atoms with Gasteiger partial charge >= 0.3 is 0 Å². The largest absolute Gasteiger partial charge is 0.467 e. The lowest BCUT2D eigenvalue weighted by atomic mass is 10.0. The maximum atomic E-state index is 13.1. The highest BCUT2D eigenvalue weighted by molar-refractivity contribution is 7.13. The number of aryl methyl sites for hydroxylation is 1. The predicted molar refractivity (Wildman–Crippen MR) is 112 cm³/mol. The Labute approximate surface area is 176 Å². The van der Waals surface area contributed by atoms with Gasteiger partial charge in [0.25, 0.3) is 5.91 Å². The number of thiophene rings is 1.